The van der Waals surface area contributed by atoms with Crippen molar-refractivity contribution in [2.75, 3.05) is 5.75 Å². The fourth-order valence-corrected chi connectivity index (χ4v) is 3.91. The van der Waals surface area contributed by atoms with Crippen LogP contribution in [-0.4, -0.2) is 25.2 Å². The number of nitrogens with one attached hydrogen (secondary N) is 1. The molecule has 1 aromatic carbocycles. The normalized spacial score (nSPS) is 13.3. The van der Waals surface area contributed by atoms with Gasteiger partial charge in [0.25, 0.3) is 0 Å². The van der Waals surface area contributed by atoms with Gasteiger partial charge in [-0.2, -0.15) is 0 Å². The van der Waals surface area contributed by atoms with E-state index in [1.54, 1.807) is 17.6 Å². The van der Waals surface area contributed by atoms with Crippen LogP contribution in [0, 0.1) is 6.92 Å². The minimum Gasteiger partial charge on any atom is -0.308 e. The molecule has 1 heterocycles. The highest BCUT2D eigenvalue weighted by Gasteiger charge is 2.18. The highest BCUT2D eigenvalue weighted by molar-refractivity contribution is 7.91. The van der Waals surface area contributed by atoms with Crippen LogP contribution in [0.5, 0.6) is 0 Å². The molecule has 2 rings (SSSR count). The summed E-state index contributed by atoms with van der Waals surface area (Å²) in [6.45, 7) is 4.40. The topological polar surface area (TPSA) is 59.1 Å². The Hall–Kier alpha value is -1.24. The van der Waals surface area contributed by atoms with Gasteiger partial charge in [0.05, 0.1) is 21.9 Å². The molecule has 4 nitrogen and oxygen atoms in total. The van der Waals surface area contributed by atoms with Crippen LogP contribution in [-0.2, 0) is 16.4 Å². The van der Waals surface area contributed by atoms with Crippen LogP contribution < -0.4 is 5.32 Å². The van der Waals surface area contributed by atoms with Crippen molar-refractivity contribution >= 4 is 21.2 Å². The molecular formula is C14H18N2O2S2. The van der Waals surface area contributed by atoms with E-state index in [1.807, 2.05) is 31.4 Å². The lowest BCUT2D eigenvalue weighted by Crippen LogP contribution is -2.32. The quantitative estimate of drug-likeness (QED) is 0.890. The van der Waals surface area contributed by atoms with Crippen molar-refractivity contribution in [2.24, 2.45) is 0 Å². The largest absolute Gasteiger partial charge is 0.308 e. The average molecular weight is 310 g/mol. The number of benzene rings is 1. The Morgan fingerprint density at radius 1 is 1.30 bits per heavy atom. The molecule has 20 heavy (non-hydrogen) atoms. The molecule has 0 amide bonds. The van der Waals surface area contributed by atoms with Gasteiger partial charge in [0.15, 0.2) is 9.84 Å². The van der Waals surface area contributed by atoms with Gasteiger partial charge in [-0.3, -0.25) is 0 Å². The summed E-state index contributed by atoms with van der Waals surface area (Å²) >= 11 is 1.53. The molecule has 0 spiro atoms. The van der Waals surface area contributed by atoms with Crippen molar-refractivity contribution in [1.29, 1.82) is 0 Å². The van der Waals surface area contributed by atoms with Gasteiger partial charge in [-0.1, -0.05) is 17.7 Å². The van der Waals surface area contributed by atoms with Crippen molar-refractivity contribution in [2.45, 2.75) is 31.3 Å². The maximum Gasteiger partial charge on any atom is 0.179 e. The van der Waals surface area contributed by atoms with Crippen LogP contribution in [0.3, 0.4) is 0 Å². The molecule has 0 saturated carbocycles. The van der Waals surface area contributed by atoms with Crippen LogP contribution in [0.25, 0.3) is 0 Å². The van der Waals surface area contributed by atoms with Gasteiger partial charge in [-0.15, -0.1) is 11.3 Å². The first kappa shape index (κ1) is 15.2. The Bertz CT molecular complexity index is 634. The molecule has 0 aliphatic carbocycles. The molecule has 0 fully saturated rings. The second-order valence-corrected chi connectivity index (χ2v) is 7.61. The van der Waals surface area contributed by atoms with Crippen LogP contribution in [0.2, 0.25) is 0 Å². The van der Waals surface area contributed by atoms with E-state index in [0.29, 0.717) is 11.4 Å². The first-order chi connectivity index (χ1) is 9.47. The zero-order valence-corrected chi connectivity index (χ0v) is 13.2. The van der Waals surface area contributed by atoms with E-state index < -0.39 is 9.84 Å². The Balaban J connectivity index is 1.95. The number of sulfone groups is 1. The van der Waals surface area contributed by atoms with E-state index in [1.165, 1.54) is 11.3 Å². The first-order valence-corrected chi connectivity index (χ1v) is 8.97. The summed E-state index contributed by atoms with van der Waals surface area (Å²) in [6, 6.07) is 6.85. The smallest absolute Gasteiger partial charge is 0.179 e. The molecule has 0 radical (unpaired) electrons. The summed E-state index contributed by atoms with van der Waals surface area (Å²) in [7, 11) is -3.25. The van der Waals surface area contributed by atoms with Crippen LogP contribution in [0.15, 0.2) is 40.1 Å². The minimum absolute atomic E-state index is 0.0835. The first-order valence-electron chi connectivity index (χ1n) is 6.37. The number of hydrogen-bond donors (Lipinski definition) is 1. The maximum absolute atomic E-state index is 12.3. The number of nitrogens with zero attached hydrogens (tertiary/aromatic N) is 1. The molecule has 0 aliphatic heterocycles. The second-order valence-electron chi connectivity index (χ2n) is 4.86. The second kappa shape index (κ2) is 6.47. The van der Waals surface area contributed by atoms with Crippen LogP contribution in [0.1, 0.15) is 18.2 Å². The molecule has 1 N–H and O–H groups in total. The van der Waals surface area contributed by atoms with E-state index in [2.05, 4.69) is 10.3 Å². The molecule has 1 atom stereocenters. The number of thiazole rings is 1. The third kappa shape index (κ3) is 4.13. The third-order valence-electron chi connectivity index (χ3n) is 2.96. The third-order valence-corrected chi connectivity index (χ3v) is 5.53. The lowest BCUT2D eigenvalue weighted by Gasteiger charge is -2.13. The van der Waals surface area contributed by atoms with E-state index in [9.17, 15) is 8.42 Å². The van der Waals surface area contributed by atoms with Crippen molar-refractivity contribution in [3.05, 3.63) is 46.4 Å². The van der Waals surface area contributed by atoms with E-state index >= 15 is 0 Å². The molecule has 0 unspecified atom stereocenters. The van der Waals surface area contributed by atoms with Crippen molar-refractivity contribution in [3.63, 3.8) is 0 Å². The van der Waals surface area contributed by atoms with Gasteiger partial charge in [0.1, 0.15) is 0 Å². The molecular weight excluding hydrogens is 292 g/mol. The fourth-order valence-electron chi connectivity index (χ4n) is 1.83. The number of aryl methyl sites for hydroxylation is 1. The van der Waals surface area contributed by atoms with Gasteiger partial charge in [-0.05, 0) is 26.0 Å². The SMILES string of the molecule is Cc1ccc(S(=O)(=O)C[C@H](C)NCc2cscn2)cc1. The summed E-state index contributed by atoms with van der Waals surface area (Å²) in [5, 5.41) is 5.14. The fraction of sp³-hybridized carbons (Fsp3) is 0.357. The predicted molar refractivity (Wildman–Crippen MR) is 81.6 cm³/mol. The number of rotatable bonds is 6. The van der Waals surface area contributed by atoms with Gasteiger partial charge in [-0.25, -0.2) is 13.4 Å². The molecule has 0 saturated heterocycles. The standard InChI is InChI=1S/C14H18N2O2S2/c1-11-3-5-14(6-4-11)20(17,18)9-12(2)15-7-13-8-19-10-16-13/h3-6,8,10,12,15H,7,9H2,1-2H3/t12-/m0/s1. The monoisotopic (exact) mass is 310 g/mol. The van der Waals surface area contributed by atoms with Gasteiger partial charge >= 0.3 is 0 Å². The number of hydrogen-bond acceptors (Lipinski definition) is 5. The Kier molecular flexibility index (Phi) is 4.91. The summed E-state index contributed by atoms with van der Waals surface area (Å²) in [4.78, 5) is 4.54. The highest BCUT2D eigenvalue weighted by Crippen LogP contribution is 2.13. The zero-order chi connectivity index (χ0) is 14.6. The van der Waals surface area contributed by atoms with Gasteiger partial charge < -0.3 is 5.32 Å². The summed E-state index contributed by atoms with van der Waals surface area (Å²) in [6.07, 6.45) is 0. The highest BCUT2D eigenvalue weighted by atomic mass is 32.2. The van der Waals surface area contributed by atoms with Crippen LogP contribution >= 0.6 is 11.3 Å². The van der Waals surface area contributed by atoms with Crippen molar-refractivity contribution < 1.29 is 8.42 Å². The van der Waals surface area contributed by atoms with Gasteiger partial charge in [0.2, 0.25) is 0 Å². The van der Waals surface area contributed by atoms with E-state index in [0.717, 1.165) is 11.3 Å². The van der Waals surface area contributed by atoms with Gasteiger partial charge in [0, 0.05) is 18.0 Å². The molecule has 6 heteroatoms. The average Bonchev–Trinajstić information content (AvgIpc) is 2.89. The molecule has 1 aromatic heterocycles. The molecule has 0 bridgehead atoms. The lowest BCUT2D eigenvalue weighted by atomic mass is 10.2. The molecule has 0 aliphatic rings. The van der Waals surface area contributed by atoms with E-state index in [4.69, 9.17) is 0 Å². The van der Waals surface area contributed by atoms with Crippen molar-refractivity contribution in [1.82, 2.24) is 10.3 Å². The molecule has 108 valence electrons. The lowest BCUT2D eigenvalue weighted by molar-refractivity contribution is 0.553. The van der Waals surface area contributed by atoms with Crippen molar-refractivity contribution in [3.8, 4) is 0 Å². The Morgan fingerprint density at radius 2 is 2.00 bits per heavy atom. The Morgan fingerprint density at radius 3 is 2.60 bits per heavy atom. The summed E-state index contributed by atoms with van der Waals surface area (Å²) in [5.41, 5.74) is 3.76. The molecule has 2 aromatic rings. The maximum atomic E-state index is 12.3. The zero-order valence-electron chi connectivity index (χ0n) is 11.5. The summed E-state index contributed by atoms with van der Waals surface area (Å²) in [5.74, 6) is 0.0835. The Labute approximate surface area is 123 Å². The summed E-state index contributed by atoms with van der Waals surface area (Å²) < 4.78 is 24.5. The minimum atomic E-state index is -3.25. The van der Waals surface area contributed by atoms with E-state index in [-0.39, 0.29) is 11.8 Å². The van der Waals surface area contributed by atoms with Crippen LogP contribution in [0.4, 0.5) is 0 Å². The number of aromatic nitrogens is 1. The predicted octanol–water partition coefficient (Wildman–Crippen LogP) is 2.40.